The molecule has 1 N–H and O–H groups in total. The number of pyridine rings is 1. The molecule has 0 bridgehead atoms. The lowest BCUT2D eigenvalue weighted by atomic mass is 10.0. The highest BCUT2D eigenvalue weighted by Crippen LogP contribution is 2.33. The predicted octanol–water partition coefficient (Wildman–Crippen LogP) is 3.39. The van der Waals surface area contributed by atoms with Crippen molar-refractivity contribution in [1.29, 1.82) is 0 Å². The smallest absolute Gasteiger partial charge is 0.433 e. The van der Waals surface area contributed by atoms with Crippen molar-refractivity contribution in [1.82, 2.24) is 9.88 Å². The van der Waals surface area contributed by atoms with Gasteiger partial charge in [0.15, 0.2) is 0 Å². The van der Waals surface area contributed by atoms with Gasteiger partial charge in [0.25, 0.3) is 0 Å². The highest BCUT2D eigenvalue weighted by atomic mass is 19.4. The van der Waals surface area contributed by atoms with Gasteiger partial charge in [0.1, 0.15) is 17.1 Å². The molecule has 1 aromatic rings. The lowest BCUT2D eigenvalue weighted by molar-refractivity contribution is -0.141. The Kier molecular flexibility index (Phi) is 6.10. The number of hydrogen-bond acceptors (Lipinski definition) is 4. The highest BCUT2D eigenvalue weighted by Gasteiger charge is 2.34. The van der Waals surface area contributed by atoms with Gasteiger partial charge < -0.3 is 19.7 Å². The number of methoxy groups -OCH3 is 1. The van der Waals surface area contributed by atoms with E-state index in [9.17, 15) is 18.0 Å². The molecule has 1 aliphatic heterocycles. The number of rotatable bonds is 4. The van der Waals surface area contributed by atoms with E-state index in [0.717, 1.165) is 18.7 Å². The molecule has 0 unspecified atom stereocenters. The Morgan fingerprint density at radius 2 is 2.24 bits per heavy atom. The quantitative estimate of drug-likeness (QED) is 0.893. The van der Waals surface area contributed by atoms with Crippen molar-refractivity contribution in [3.05, 3.63) is 18.0 Å². The Bertz CT molecular complexity index is 608. The van der Waals surface area contributed by atoms with Crippen LogP contribution < -0.4 is 10.1 Å². The maximum absolute atomic E-state index is 12.7. The number of urea groups is 1. The maximum atomic E-state index is 12.7. The molecule has 1 aromatic heterocycles. The summed E-state index contributed by atoms with van der Waals surface area (Å²) in [6.07, 6.45) is -2.85. The standard InChI is InChI=1S/C16H22F3N3O3/c1-10(2)6-11-9-25-5-4-22(11)15(23)21-12-8-20-14(16(17,18)19)7-13(12)24-3/h7-8,10-11H,4-6,9H2,1-3H3,(H,21,23)/t11-/m0/s1. The van der Waals surface area contributed by atoms with Crippen molar-refractivity contribution < 1.29 is 27.4 Å². The number of nitrogens with zero attached hydrogens (tertiary/aromatic N) is 2. The summed E-state index contributed by atoms with van der Waals surface area (Å²) in [6.45, 7) is 5.37. The van der Waals surface area contributed by atoms with Crippen LogP contribution in [0.5, 0.6) is 5.75 Å². The summed E-state index contributed by atoms with van der Waals surface area (Å²) in [5.74, 6) is 0.286. The van der Waals surface area contributed by atoms with Gasteiger partial charge in [-0.3, -0.25) is 0 Å². The van der Waals surface area contributed by atoms with Gasteiger partial charge in [-0.25, -0.2) is 9.78 Å². The molecule has 0 spiro atoms. The van der Waals surface area contributed by atoms with Crippen LogP contribution in [-0.2, 0) is 10.9 Å². The minimum Gasteiger partial charge on any atom is -0.494 e. The number of hydrogen-bond donors (Lipinski definition) is 1. The van der Waals surface area contributed by atoms with Crippen molar-refractivity contribution in [2.24, 2.45) is 5.92 Å². The van der Waals surface area contributed by atoms with Crippen LogP contribution in [0.1, 0.15) is 26.0 Å². The van der Waals surface area contributed by atoms with Gasteiger partial charge in [0.2, 0.25) is 0 Å². The highest BCUT2D eigenvalue weighted by molar-refractivity contribution is 5.91. The minimum atomic E-state index is -4.58. The number of carbonyl (C=O) groups excluding carboxylic acids is 1. The molecule has 9 heteroatoms. The van der Waals surface area contributed by atoms with Crippen LogP contribution in [-0.4, -0.2) is 48.8 Å². The van der Waals surface area contributed by atoms with Crippen LogP contribution in [0, 0.1) is 5.92 Å². The number of ether oxygens (including phenoxy) is 2. The monoisotopic (exact) mass is 361 g/mol. The maximum Gasteiger partial charge on any atom is 0.433 e. The van der Waals surface area contributed by atoms with Crippen molar-refractivity contribution in [2.45, 2.75) is 32.5 Å². The molecule has 2 amide bonds. The Morgan fingerprint density at radius 3 is 2.84 bits per heavy atom. The first-order valence-electron chi connectivity index (χ1n) is 7.99. The van der Waals surface area contributed by atoms with E-state index in [-0.39, 0.29) is 17.5 Å². The van der Waals surface area contributed by atoms with Crippen molar-refractivity contribution in [3.8, 4) is 5.75 Å². The summed E-state index contributed by atoms with van der Waals surface area (Å²) < 4.78 is 48.6. The van der Waals surface area contributed by atoms with Crippen molar-refractivity contribution >= 4 is 11.7 Å². The first kappa shape index (κ1) is 19.3. The average molecular weight is 361 g/mol. The number of morpholine rings is 1. The molecule has 6 nitrogen and oxygen atoms in total. The second-order valence-corrected chi connectivity index (χ2v) is 6.25. The van der Waals surface area contributed by atoms with Crippen LogP contribution in [0.4, 0.5) is 23.7 Å². The lowest BCUT2D eigenvalue weighted by Crippen LogP contribution is -2.50. The van der Waals surface area contributed by atoms with E-state index in [2.05, 4.69) is 10.3 Å². The molecule has 2 heterocycles. The molecule has 0 aliphatic carbocycles. The summed E-state index contributed by atoms with van der Waals surface area (Å²) in [5.41, 5.74) is -0.985. The van der Waals surface area contributed by atoms with E-state index in [4.69, 9.17) is 9.47 Å². The van der Waals surface area contributed by atoms with E-state index in [1.807, 2.05) is 13.8 Å². The fourth-order valence-electron chi connectivity index (χ4n) is 2.70. The molecular weight excluding hydrogens is 339 g/mol. The molecule has 0 saturated carbocycles. The summed E-state index contributed by atoms with van der Waals surface area (Å²) in [6, 6.07) is 0.275. The van der Waals surface area contributed by atoms with E-state index in [1.54, 1.807) is 4.90 Å². The normalized spacial score (nSPS) is 18.4. The molecule has 1 saturated heterocycles. The molecule has 1 aliphatic rings. The predicted molar refractivity (Wildman–Crippen MR) is 85.6 cm³/mol. The van der Waals surface area contributed by atoms with Gasteiger partial charge in [-0.05, 0) is 12.3 Å². The van der Waals surface area contributed by atoms with Crippen LogP contribution >= 0.6 is 0 Å². The van der Waals surface area contributed by atoms with E-state index < -0.39 is 17.9 Å². The zero-order chi connectivity index (χ0) is 18.6. The number of amides is 2. The summed E-state index contributed by atoms with van der Waals surface area (Å²) in [4.78, 5) is 17.6. The number of nitrogens with one attached hydrogen (secondary N) is 1. The van der Waals surface area contributed by atoms with Crippen LogP contribution in [0.2, 0.25) is 0 Å². The summed E-state index contributed by atoms with van der Waals surface area (Å²) >= 11 is 0. The SMILES string of the molecule is COc1cc(C(F)(F)F)ncc1NC(=O)N1CCOC[C@@H]1CC(C)C. The Hall–Kier alpha value is -2.03. The van der Waals surface area contributed by atoms with Crippen LogP contribution in [0.3, 0.4) is 0 Å². The van der Waals surface area contributed by atoms with Gasteiger partial charge in [-0.1, -0.05) is 13.8 Å². The third-order valence-electron chi connectivity index (χ3n) is 3.85. The first-order valence-corrected chi connectivity index (χ1v) is 7.99. The zero-order valence-corrected chi connectivity index (χ0v) is 14.4. The van der Waals surface area contributed by atoms with Gasteiger partial charge in [0.05, 0.1) is 32.6 Å². The molecule has 2 rings (SSSR count). The fourth-order valence-corrected chi connectivity index (χ4v) is 2.70. The summed E-state index contributed by atoms with van der Waals surface area (Å²) in [7, 11) is 1.24. The molecule has 1 atom stereocenters. The number of alkyl halides is 3. The molecule has 25 heavy (non-hydrogen) atoms. The summed E-state index contributed by atoms with van der Waals surface area (Å²) in [5, 5.41) is 2.59. The van der Waals surface area contributed by atoms with Crippen molar-refractivity contribution in [3.63, 3.8) is 0 Å². The second kappa shape index (κ2) is 7.90. The first-order chi connectivity index (χ1) is 11.7. The van der Waals surface area contributed by atoms with E-state index in [0.29, 0.717) is 25.7 Å². The minimum absolute atomic E-state index is 0.0813. The largest absolute Gasteiger partial charge is 0.494 e. The third kappa shape index (κ3) is 4.97. The molecule has 140 valence electrons. The van der Waals surface area contributed by atoms with Crippen molar-refractivity contribution in [2.75, 3.05) is 32.2 Å². The molecule has 0 radical (unpaired) electrons. The Morgan fingerprint density at radius 1 is 1.52 bits per heavy atom. The lowest BCUT2D eigenvalue weighted by Gasteiger charge is -2.36. The second-order valence-electron chi connectivity index (χ2n) is 6.25. The average Bonchev–Trinajstić information content (AvgIpc) is 2.54. The Labute approximate surface area is 144 Å². The number of halogens is 3. The fraction of sp³-hybridized carbons (Fsp3) is 0.625. The Balaban J connectivity index is 2.16. The molecule has 1 fully saturated rings. The van der Waals surface area contributed by atoms with Gasteiger partial charge in [-0.2, -0.15) is 13.2 Å². The number of aromatic nitrogens is 1. The number of anilines is 1. The van der Waals surface area contributed by atoms with Gasteiger partial charge >= 0.3 is 12.2 Å². The zero-order valence-electron chi connectivity index (χ0n) is 14.4. The molecule has 0 aromatic carbocycles. The van der Waals surface area contributed by atoms with E-state index >= 15 is 0 Å². The van der Waals surface area contributed by atoms with Crippen LogP contribution in [0.15, 0.2) is 12.3 Å². The van der Waals surface area contributed by atoms with Gasteiger partial charge in [0, 0.05) is 12.6 Å². The molecular formula is C16H22F3N3O3. The number of carbonyl (C=O) groups is 1. The van der Waals surface area contributed by atoms with E-state index in [1.165, 1.54) is 7.11 Å². The third-order valence-corrected chi connectivity index (χ3v) is 3.85. The van der Waals surface area contributed by atoms with Crippen LogP contribution in [0.25, 0.3) is 0 Å². The topological polar surface area (TPSA) is 63.7 Å². The van der Waals surface area contributed by atoms with Gasteiger partial charge in [-0.15, -0.1) is 0 Å².